The zero-order chi connectivity index (χ0) is 12.3. The summed E-state index contributed by atoms with van der Waals surface area (Å²) in [7, 11) is 0. The number of carbonyl (C=O) groups is 1. The average Bonchev–Trinajstić information content (AvgIpc) is 2.80. The number of aliphatic hydroxyl groups excluding tert-OH is 1. The number of hydrogen-bond acceptors (Lipinski definition) is 4. The summed E-state index contributed by atoms with van der Waals surface area (Å²) in [4.78, 5) is 17.9. The number of nitrogens with two attached hydrogens (primary N) is 1. The first-order chi connectivity index (χ1) is 8.20. The Morgan fingerprint density at radius 3 is 3.06 bits per heavy atom. The van der Waals surface area contributed by atoms with Gasteiger partial charge in [-0.1, -0.05) is 0 Å². The minimum atomic E-state index is -0.0173. The highest BCUT2D eigenvalue weighted by Gasteiger charge is 2.27. The lowest BCUT2D eigenvalue weighted by molar-refractivity contribution is -0.132. The third-order valence-corrected chi connectivity index (χ3v) is 3.09. The van der Waals surface area contributed by atoms with Gasteiger partial charge in [-0.3, -0.25) is 9.78 Å². The fourth-order valence-corrected chi connectivity index (χ4v) is 2.15. The lowest BCUT2D eigenvalue weighted by Gasteiger charge is -2.22. The summed E-state index contributed by atoms with van der Waals surface area (Å²) < 4.78 is 0. The highest BCUT2D eigenvalue weighted by atomic mass is 16.3. The van der Waals surface area contributed by atoms with Crippen LogP contribution in [0.15, 0.2) is 18.3 Å². The summed E-state index contributed by atoms with van der Waals surface area (Å²) in [5, 5.41) is 9.16. The molecule has 1 saturated heterocycles. The van der Waals surface area contributed by atoms with Crippen molar-refractivity contribution in [2.24, 2.45) is 0 Å². The first-order valence-electron chi connectivity index (χ1n) is 5.81. The van der Waals surface area contributed by atoms with Crippen LogP contribution >= 0.6 is 0 Å². The Kier molecular flexibility index (Phi) is 3.58. The molecule has 0 spiro atoms. The van der Waals surface area contributed by atoms with E-state index in [-0.39, 0.29) is 25.0 Å². The lowest BCUT2D eigenvalue weighted by Crippen LogP contribution is -2.38. The molecule has 1 unspecified atom stereocenters. The van der Waals surface area contributed by atoms with Crippen molar-refractivity contribution in [3.8, 4) is 0 Å². The van der Waals surface area contributed by atoms with Gasteiger partial charge in [-0.05, 0) is 25.0 Å². The van der Waals surface area contributed by atoms with Crippen LogP contribution in [0.3, 0.4) is 0 Å². The summed E-state index contributed by atoms with van der Waals surface area (Å²) in [6.45, 7) is 0.778. The molecule has 2 heterocycles. The third kappa shape index (κ3) is 2.74. The standard InChI is InChI=1S/C12H17N3O2/c13-9-3-4-10(14-7-9)6-12(17)15-5-1-2-11(15)8-16/h3-4,7,11,16H,1-2,5-6,8,13H2. The Bertz CT molecular complexity index is 391. The number of aromatic nitrogens is 1. The molecule has 3 N–H and O–H groups in total. The Labute approximate surface area is 100 Å². The van der Waals surface area contributed by atoms with Crippen LogP contribution in [0.2, 0.25) is 0 Å². The maximum absolute atomic E-state index is 12.0. The predicted molar refractivity (Wildman–Crippen MR) is 64.2 cm³/mol. The molecule has 1 fully saturated rings. The number of hydrogen-bond donors (Lipinski definition) is 2. The predicted octanol–water partition coefficient (Wildman–Crippen LogP) is 0.190. The molecule has 5 heteroatoms. The van der Waals surface area contributed by atoms with Crippen molar-refractivity contribution in [1.82, 2.24) is 9.88 Å². The average molecular weight is 235 g/mol. The SMILES string of the molecule is Nc1ccc(CC(=O)N2CCCC2CO)nc1. The van der Waals surface area contributed by atoms with Crippen LogP contribution in [0.5, 0.6) is 0 Å². The number of pyridine rings is 1. The summed E-state index contributed by atoms with van der Waals surface area (Å²) in [6.07, 6.45) is 3.68. The molecule has 1 aromatic rings. The summed E-state index contributed by atoms with van der Waals surface area (Å²) >= 11 is 0. The molecule has 92 valence electrons. The molecule has 2 rings (SSSR count). The molecule has 1 atom stereocenters. The van der Waals surface area contributed by atoms with Crippen molar-refractivity contribution in [3.05, 3.63) is 24.0 Å². The molecule has 1 amide bonds. The van der Waals surface area contributed by atoms with Gasteiger partial charge in [0.2, 0.25) is 5.91 Å². The molecule has 17 heavy (non-hydrogen) atoms. The number of carbonyl (C=O) groups excluding carboxylic acids is 1. The van der Waals surface area contributed by atoms with E-state index in [9.17, 15) is 4.79 Å². The molecule has 0 aromatic carbocycles. The summed E-state index contributed by atoms with van der Waals surface area (Å²) in [6, 6.07) is 3.48. The van der Waals surface area contributed by atoms with Gasteiger partial charge in [-0.25, -0.2) is 0 Å². The monoisotopic (exact) mass is 235 g/mol. The first-order valence-corrected chi connectivity index (χ1v) is 5.81. The van der Waals surface area contributed by atoms with Crippen molar-refractivity contribution < 1.29 is 9.90 Å². The van der Waals surface area contributed by atoms with Crippen LogP contribution in [-0.2, 0) is 11.2 Å². The van der Waals surface area contributed by atoms with E-state index in [2.05, 4.69) is 4.98 Å². The minimum absolute atomic E-state index is 0.0173. The second-order valence-corrected chi connectivity index (χ2v) is 4.33. The van der Waals surface area contributed by atoms with Crippen LogP contribution in [-0.4, -0.2) is 40.1 Å². The smallest absolute Gasteiger partial charge is 0.228 e. The third-order valence-electron chi connectivity index (χ3n) is 3.09. The van der Waals surface area contributed by atoms with Crippen molar-refractivity contribution >= 4 is 11.6 Å². The van der Waals surface area contributed by atoms with Gasteiger partial charge in [-0.2, -0.15) is 0 Å². The van der Waals surface area contributed by atoms with E-state index in [0.29, 0.717) is 11.4 Å². The highest BCUT2D eigenvalue weighted by Crippen LogP contribution is 2.17. The Morgan fingerprint density at radius 2 is 2.41 bits per heavy atom. The molecule has 0 radical (unpaired) electrons. The maximum atomic E-state index is 12.0. The minimum Gasteiger partial charge on any atom is -0.397 e. The zero-order valence-corrected chi connectivity index (χ0v) is 9.67. The molecule has 1 aromatic heterocycles. The number of rotatable bonds is 3. The van der Waals surface area contributed by atoms with Crippen LogP contribution in [0, 0.1) is 0 Å². The van der Waals surface area contributed by atoms with Crippen molar-refractivity contribution in [2.75, 3.05) is 18.9 Å². The maximum Gasteiger partial charge on any atom is 0.228 e. The van der Waals surface area contributed by atoms with Gasteiger partial charge in [0.05, 0.1) is 31.0 Å². The van der Waals surface area contributed by atoms with Crippen LogP contribution in [0.25, 0.3) is 0 Å². The molecular weight excluding hydrogens is 218 g/mol. The number of nitrogens with zero attached hydrogens (tertiary/aromatic N) is 2. The summed E-state index contributed by atoms with van der Waals surface area (Å²) in [5.74, 6) is 0.0267. The molecule has 1 aliphatic heterocycles. The molecule has 0 bridgehead atoms. The number of anilines is 1. The topological polar surface area (TPSA) is 79.5 Å². The Morgan fingerprint density at radius 1 is 1.59 bits per heavy atom. The largest absolute Gasteiger partial charge is 0.397 e. The number of nitrogen functional groups attached to an aromatic ring is 1. The van der Waals surface area contributed by atoms with Gasteiger partial charge >= 0.3 is 0 Å². The quantitative estimate of drug-likeness (QED) is 0.783. The van der Waals surface area contributed by atoms with E-state index in [1.807, 2.05) is 0 Å². The Balaban J connectivity index is 1.99. The van der Waals surface area contributed by atoms with Gasteiger partial charge in [0.1, 0.15) is 0 Å². The first kappa shape index (κ1) is 11.9. The van der Waals surface area contributed by atoms with Crippen LogP contribution in [0.1, 0.15) is 18.5 Å². The van der Waals surface area contributed by atoms with Crippen LogP contribution in [0.4, 0.5) is 5.69 Å². The highest BCUT2D eigenvalue weighted by molar-refractivity contribution is 5.79. The molecular formula is C12H17N3O2. The number of amides is 1. The molecule has 0 aliphatic carbocycles. The second-order valence-electron chi connectivity index (χ2n) is 4.33. The van der Waals surface area contributed by atoms with E-state index < -0.39 is 0 Å². The van der Waals surface area contributed by atoms with Gasteiger partial charge in [-0.15, -0.1) is 0 Å². The molecule has 0 saturated carbocycles. The van der Waals surface area contributed by atoms with E-state index in [1.165, 1.54) is 0 Å². The summed E-state index contributed by atoms with van der Waals surface area (Å²) in [5.41, 5.74) is 6.84. The zero-order valence-electron chi connectivity index (χ0n) is 9.67. The number of likely N-dealkylation sites (tertiary alicyclic amines) is 1. The van der Waals surface area contributed by atoms with Crippen LogP contribution < -0.4 is 5.73 Å². The van der Waals surface area contributed by atoms with E-state index in [4.69, 9.17) is 10.8 Å². The fourth-order valence-electron chi connectivity index (χ4n) is 2.15. The molecule has 1 aliphatic rings. The van der Waals surface area contributed by atoms with Crippen molar-refractivity contribution in [3.63, 3.8) is 0 Å². The normalized spacial score (nSPS) is 19.6. The van der Waals surface area contributed by atoms with Crippen molar-refractivity contribution in [1.29, 1.82) is 0 Å². The van der Waals surface area contributed by atoms with Gasteiger partial charge < -0.3 is 15.7 Å². The lowest BCUT2D eigenvalue weighted by atomic mass is 10.2. The van der Waals surface area contributed by atoms with E-state index >= 15 is 0 Å². The Hall–Kier alpha value is -1.62. The second kappa shape index (κ2) is 5.14. The molecule has 5 nitrogen and oxygen atoms in total. The van der Waals surface area contributed by atoms with Gasteiger partial charge in [0.25, 0.3) is 0 Å². The van der Waals surface area contributed by atoms with E-state index in [1.54, 1.807) is 23.2 Å². The van der Waals surface area contributed by atoms with E-state index in [0.717, 1.165) is 19.4 Å². The van der Waals surface area contributed by atoms with Crippen molar-refractivity contribution in [2.45, 2.75) is 25.3 Å². The van der Waals surface area contributed by atoms with Gasteiger partial charge in [0.15, 0.2) is 0 Å². The fraction of sp³-hybridized carbons (Fsp3) is 0.500. The number of aliphatic hydroxyl groups is 1. The van der Waals surface area contributed by atoms with Gasteiger partial charge in [0, 0.05) is 12.2 Å².